The predicted octanol–water partition coefficient (Wildman–Crippen LogP) is 3.37. The molecule has 2 heterocycles. The Morgan fingerprint density at radius 1 is 1.31 bits per heavy atom. The van der Waals surface area contributed by atoms with Gasteiger partial charge in [-0.15, -0.1) is 0 Å². The van der Waals surface area contributed by atoms with E-state index in [0.717, 1.165) is 12.8 Å². The van der Waals surface area contributed by atoms with Crippen molar-refractivity contribution in [3.05, 3.63) is 29.8 Å². The van der Waals surface area contributed by atoms with Gasteiger partial charge < -0.3 is 4.98 Å². The van der Waals surface area contributed by atoms with Crippen LogP contribution in [0, 0.1) is 18.7 Å². The fourth-order valence-electron chi connectivity index (χ4n) is 4.00. The Bertz CT molecular complexity index is 1100. The molecule has 3 aromatic rings. The van der Waals surface area contributed by atoms with Gasteiger partial charge in [0, 0.05) is 18.0 Å². The van der Waals surface area contributed by atoms with Gasteiger partial charge in [-0.05, 0) is 43.4 Å². The van der Waals surface area contributed by atoms with E-state index in [4.69, 9.17) is 0 Å². The summed E-state index contributed by atoms with van der Waals surface area (Å²) in [4.78, 5) is 7.07. The van der Waals surface area contributed by atoms with E-state index < -0.39 is 20.9 Å². The second-order valence-corrected chi connectivity index (χ2v) is 9.34. The van der Waals surface area contributed by atoms with Gasteiger partial charge in [0.05, 0.1) is 10.8 Å². The van der Waals surface area contributed by atoms with Crippen molar-refractivity contribution in [2.24, 2.45) is 13.0 Å². The molecule has 0 saturated heterocycles. The Kier molecular flexibility index (Phi) is 3.91. The molecule has 8 heteroatoms. The van der Waals surface area contributed by atoms with Gasteiger partial charge in [0.15, 0.2) is 15.7 Å². The van der Waals surface area contributed by atoms with Crippen LogP contribution in [0.5, 0.6) is 0 Å². The molecule has 1 aromatic carbocycles. The number of fused-ring (bicyclic) bond motifs is 1. The van der Waals surface area contributed by atoms with Gasteiger partial charge >= 0.3 is 0 Å². The molecule has 0 unspecified atom stereocenters. The van der Waals surface area contributed by atoms with Gasteiger partial charge in [-0.1, -0.05) is 13.3 Å². The fraction of sp³-hybridized carbons (Fsp3) is 0.444. The first kappa shape index (κ1) is 17.2. The second-order valence-electron chi connectivity index (χ2n) is 7.21. The zero-order valence-electron chi connectivity index (χ0n) is 15.0. The van der Waals surface area contributed by atoms with Crippen LogP contribution in [0.2, 0.25) is 0 Å². The number of aromatic nitrogens is 4. The van der Waals surface area contributed by atoms with E-state index >= 15 is 0 Å². The summed E-state index contributed by atoms with van der Waals surface area (Å²) in [6.45, 7) is 3.74. The van der Waals surface area contributed by atoms with Crippen molar-refractivity contribution in [1.82, 2.24) is 19.7 Å². The summed E-state index contributed by atoms with van der Waals surface area (Å²) in [5.41, 5.74) is 1.50. The standard InChI is InChI=1S/C18H21FN4O2S/c1-10-5-4-6-14(10)26(24,25)15-8-12-16(18-20-9-23(3)22-18)11(2)7-13(19)17(12)21-15/h7-10,14,21H,4-6H2,1-3H3/t10-,14-/m1/s1. The first-order valence-electron chi connectivity index (χ1n) is 8.70. The highest BCUT2D eigenvalue weighted by Gasteiger charge is 2.37. The summed E-state index contributed by atoms with van der Waals surface area (Å²) in [7, 11) is -1.79. The molecular weight excluding hydrogens is 355 g/mol. The van der Waals surface area contributed by atoms with Crippen LogP contribution < -0.4 is 0 Å². The minimum atomic E-state index is -3.54. The fourth-order valence-corrected chi connectivity index (χ4v) is 6.08. The van der Waals surface area contributed by atoms with Gasteiger partial charge in [0.1, 0.15) is 17.2 Å². The van der Waals surface area contributed by atoms with Gasteiger partial charge in [0.25, 0.3) is 0 Å². The van der Waals surface area contributed by atoms with Crippen molar-refractivity contribution in [3.63, 3.8) is 0 Å². The average Bonchev–Trinajstić information content (AvgIpc) is 3.27. The molecule has 0 aliphatic heterocycles. The summed E-state index contributed by atoms with van der Waals surface area (Å²) < 4.78 is 42.2. The lowest BCUT2D eigenvalue weighted by atomic mass is 10.0. The molecule has 2 aromatic heterocycles. The molecule has 0 radical (unpaired) electrons. The number of benzene rings is 1. The van der Waals surface area contributed by atoms with E-state index in [1.54, 1.807) is 25.0 Å². The molecule has 0 spiro atoms. The smallest absolute Gasteiger partial charge is 0.196 e. The molecule has 1 saturated carbocycles. The molecular formula is C18H21FN4O2S. The highest BCUT2D eigenvalue weighted by molar-refractivity contribution is 7.92. The van der Waals surface area contributed by atoms with Gasteiger partial charge in [0.2, 0.25) is 0 Å². The second kappa shape index (κ2) is 5.90. The Morgan fingerprint density at radius 3 is 2.69 bits per heavy atom. The van der Waals surface area contributed by atoms with Crippen LogP contribution in [0.1, 0.15) is 31.7 Å². The molecule has 1 aliphatic carbocycles. The predicted molar refractivity (Wildman–Crippen MR) is 97.0 cm³/mol. The van der Waals surface area contributed by atoms with Crippen LogP contribution in [0.4, 0.5) is 4.39 Å². The Morgan fingerprint density at radius 2 is 2.08 bits per heavy atom. The third-order valence-electron chi connectivity index (χ3n) is 5.35. The quantitative estimate of drug-likeness (QED) is 0.760. The zero-order valence-corrected chi connectivity index (χ0v) is 15.8. The van der Waals surface area contributed by atoms with Gasteiger partial charge in [-0.2, -0.15) is 5.10 Å². The van der Waals surface area contributed by atoms with E-state index in [2.05, 4.69) is 15.1 Å². The lowest BCUT2D eigenvalue weighted by Crippen LogP contribution is -2.24. The minimum Gasteiger partial charge on any atom is -0.343 e. The average molecular weight is 376 g/mol. The normalized spacial score (nSPS) is 20.9. The third kappa shape index (κ3) is 2.55. The maximum absolute atomic E-state index is 14.5. The van der Waals surface area contributed by atoms with Crippen LogP contribution in [0.25, 0.3) is 22.3 Å². The van der Waals surface area contributed by atoms with Crippen molar-refractivity contribution >= 4 is 20.7 Å². The van der Waals surface area contributed by atoms with E-state index in [0.29, 0.717) is 28.8 Å². The zero-order chi connectivity index (χ0) is 18.6. The monoisotopic (exact) mass is 376 g/mol. The van der Waals surface area contributed by atoms with Crippen molar-refractivity contribution in [1.29, 1.82) is 0 Å². The Hall–Kier alpha value is -2.22. The number of sulfone groups is 1. The summed E-state index contributed by atoms with van der Waals surface area (Å²) in [5, 5.41) is 4.46. The SMILES string of the molecule is Cc1cc(F)c2[nH]c(S(=O)(=O)[C@@H]3CCC[C@H]3C)cc2c1-c1ncn(C)n1. The molecule has 0 bridgehead atoms. The molecule has 26 heavy (non-hydrogen) atoms. The van der Waals surface area contributed by atoms with Crippen LogP contribution in [0.3, 0.4) is 0 Å². The molecule has 1 aliphatic rings. The number of halogens is 1. The van der Waals surface area contributed by atoms with E-state index in [1.807, 2.05) is 6.92 Å². The van der Waals surface area contributed by atoms with Crippen molar-refractivity contribution in [2.75, 3.05) is 0 Å². The number of nitrogens with one attached hydrogen (secondary N) is 1. The molecule has 6 nitrogen and oxygen atoms in total. The lowest BCUT2D eigenvalue weighted by Gasteiger charge is -2.14. The molecule has 1 fully saturated rings. The van der Waals surface area contributed by atoms with Crippen LogP contribution in [-0.4, -0.2) is 33.4 Å². The Balaban J connectivity index is 1.94. The third-order valence-corrected chi connectivity index (χ3v) is 7.68. The molecule has 4 rings (SSSR count). The number of aromatic amines is 1. The van der Waals surface area contributed by atoms with E-state index in [1.165, 1.54) is 12.1 Å². The molecule has 138 valence electrons. The number of hydrogen-bond donors (Lipinski definition) is 1. The lowest BCUT2D eigenvalue weighted by molar-refractivity contribution is 0.542. The first-order valence-corrected chi connectivity index (χ1v) is 10.3. The molecule has 2 atom stereocenters. The summed E-state index contributed by atoms with van der Waals surface area (Å²) in [5.74, 6) is 0.0835. The van der Waals surface area contributed by atoms with Crippen LogP contribution in [0.15, 0.2) is 23.5 Å². The summed E-state index contributed by atoms with van der Waals surface area (Å²) >= 11 is 0. The molecule has 1 N–H and O–H groups in total. The van der Waals surface area contributed by atoms with Crippen molar-refractivity contribution in [2.45, 2.75) is 43.4 Å². The Labute approximate surface area is 151 Å². The van der Waals surface area contributed by atoms with Crippen molar-refractivity contribution in [3.8, 4) is 11.4 Å². The highest BCUT2D eigenvalue weighted by atomic mass is 32.2. The van der Waals surface area contributed by atoms with E-state index in [-0.39, 0.29) is 16.5 Å². The minimum absolute atomic E-state index is 0.0768. The topological polar surface area (TPSA) is 80.6 Å². The van der Waals surface area contributed by atoms with Gasteiger partial charge in [-0.25, -0.2) is 17.8 Å². The number of H-pyrrole nitrogens is 1. The maximum Gasteiger partial charge on any atom is 0.196 e. The van der Waals surface area contributed by atoms with Gasteiger partial charge in [-0.3, -0.25) is 4.68 Å². The summed E-state index contributed by atoms with van der Waals surface area (Å²) in [6, 6.07) is 2.93. The largest absolute Gasteiger partial charge is 0.343 e. The summed E-state index contributed by atoms with van der Waals surface area (Å²) in [6.07, 6.45) is 4.02. The number of nitrogens with zero attached hydrogens (tertiary/aromatic N) is 3. The first-order chi connectivity index (χ1) is 12.3. The number of hydrogen-bond acceptors (Lipinski definition) is 4. The maximum atomic E-state index is 14.5. The highest BCUT2D eigenvalue weighted by Crippen LogP contribution is 2.37. The number of aryl methyl sites for hydroxylation is 2. The molecule has 0 amide bonds. The van der Waals surface area contributed by atoms with Crippen LogP contribution >= 0.6 is 0 Å². The van der Waals surface area contributed by atoms with Crippen molar-refractivity contribution < 1.29 is 12.8 Å². The number of rotatable bonds is 3. The van der Waals surface area contributed by atoms with E-state index in [9.17, 15) is 12.8 Å². The van der Waals surface area contributed by atoms with Crippen LogP contribution in [-0.2, 0) is 16.9 Å².